The van der Waals surface area contributed by atoms with Gasteiger partial charge in [-0.3, -0.25) is 0 Å². The molecular weight excluding hydrogens is 340 g/mol. The lowest BCUT2D eigenvalue weighted by atomic mass is 10.1. The Morgan fingerprint density at radius 3 is 2.59 bits per heavy atom. The number of hydrogen-bond donors (Lipinski definition) is 1. The zero-order valence-corrected chi connectivity index (χ0v) is 15.4. The highest BCUT2D eigenvalue weighted by molar-refractivity contribution is 5.72. The first-order chi connectivity index (χ1) is 13.2. The highest BCUT2D eigenvalue weighted by atomic mass is 16.5. The van der Waals surface area contributed by atoms with Gasteiger partial charge in [-0.2, -0.15) is 9.61 Å². The van der Waals surface area contributed by atoms with Crippen molar-refractivity contribution in [3.05, 3.63) is 66.4 Å². The number of fused-ring (bicyclic) bond motifs is 1. The van der Waals surface area contributed by atoms with Crippen molar-refractivity contribution in [1.29, 1.82) is 0 Å². The van der Waals surface area contributed by atoms with E-state index in [9.17, 15) is 0 Å². The summed E-state index contributed by atoms with van der Waals surface area (Å²) in [5.74, 6) is 2.39. The largest absolute Gasteiger partial charge is 0.497 e. The summed E-state index contributed by atoms with van der Waals surface area (Å²) in [5.41, 5.74) is 4.31. The van der Waals surface area contributed by atoms with Gasteiger partial charge in [-0.15, -0.1) is 0 Å². The Balaban J connectivity index is 1.80. The maximum atomic E-state index is 5.47. The Morgan fingerprint density at radius 1 is 0.926 bits per heavy atom. The first-order valence-corrected chi connectivity index (χ1v) is 8.60. The second-order valence-electron chi connectivity index (χ2n) is 6.14. The number of hydrogen-bond acceptors (Lipinski definition) is 5. The van der Waals surface area contributed by atoms with Crippen LogP contribution in [0.25, 0.3) is 16.9 Å². The Hall–Kier alpha value is -3.54. The van der Waals surface area contributed by atoms with E-state index in [1.165, 1.54) is 0 Å². The monoisotopic (exact) mass is 360 g/mol. The van der Waals surface area contributed by atoms with Crippen LogP contribution in [0.5, 0.6) is 11.5 Å². The van der Waals surface area contributed by atoms with Crippen LogP contribution < -0.4 is 14.8 Å². The summed E-state index contributed by atoms with van der Waals surface area (Å²) in [6, 6.07) is 19.5. The van der Waals surface area contributed by atoms with Gasteiger partial charge >= 0.3 is 0 Å². The average Bonchev–Trinajstić information content (AvgIpc) is 3.12. The van der Waals surface area contributed by atoms with Gasteiger partial charge in [0.25, 0.3) is 0 Å². The summed E-state index contributed by atoms with van der Waals surface area (Å²) in [4.78, 5) is 4.61. The van der Waals surface area contributed by atoms with Gasteiger partial charge in [0.15, 0.2) is 5.65 Å². The molecule has 0 radical (unpaired) electrons. The first kappa shape index (κ1) is 16.9. The van der Waals surface area contributed by atoms with Gasteiger partial charge in [0.2, 0.25) is 0 Å². The zero-order valence-electron chi connectivity index (χ0n) is 15.4. The molecule has 136 valence electrons. The number of nitrogens with one attached hydrogen (secondary N) is 1. The number of aryl methyl sites for hydroxylation is 1. The Kier molecular flexibility index (Phi) is 4.38. The molecule has 2 heterocycles. The van der Waals surface area contributed by atoms with E-state index >= 15 is 0 Å². The molecule has 2 aromatic carbocycles. The van der Waals surface area contributed by atoms with E-state index in [-0.39, 0.29) is 0 Å². The van der Waals surface area contributed by atoms with E-state index in [0.29, 0.717) is 0 Å². The number of ether oxygens (including phenoxy) is 2. The number of nitrogens with zero attached hydrogens (tertiary/aromatic N) is 3. The summed E-state index contributed by atoms with van der Waals surface area (Å²) in [7, 11) is 3.31. The number of para-hydroxylation sites is 1. The lowest BCUT2D eigenvalue weighted by Gasteiger charge is -2.10. The van der Waals surface area contributed by atoms with E-state index in [1.807, 2.05) is 67.6 Å². The molecule has 6 nitrogen and oxygen atoms in total. The van der Waals surface area contributed by atoms with Gasteiger partial charge in [-0.1, -0.05) is 18.2 Å². The molecule has 0 atom stereocenters. The molecule has 6 heteroatoms. The summed E-state index contributed by atoms with van der Waals surface area (Å²) >= 11 is 0. The van der Waals surface area contributed by atoms with Crippen LogP contribution in [-0.4, -0.2) is 28.8 Å². The van der Waals surface area contributed by atoms with Crippen molar-refractivity contribution in [2.24, 2.45) is 0 Å². The lowest BCUT2D eigenvalue weighted by Crippen LogP contribution is -2.02. The molecule has 0 spiro atoms. The van der Waals surface area contributed by atoms with Gasteiger partial charge in [-0.05, 0) is 31.2 Å². The predicted molar refractivity (Wildman–Crippen MR) is 106 cm³/mol. The number of rotatable bonds is 5. The van der Waals surface area contributed by atoms with E-state index < -0.39 is 0 Å². The van der Waals surface area contributed by atoms with Crippen molar-refractivity contribution in [2.45, 2.75) is 6.92 Å². The van der Waals surface area contributed by atoms with Crippen LogP contribution in [0.3, 0.4) is 0 Å². The van der Waals surface area contributed by atoms with E-state index in [2.05, 4.69) is 10.3 Å². The minimum Gasteiger partial charge on any atom is -0.497 e. The summed E-state index contributed by atoms with van der Waals surface area (Å²) in [5, 5.41) is 8.16. The third-order valence-corrected chi connectivity index (χ3v) is 4.28. The Bertz CT molecular complexity index is 1100. The minimum absolute atomic E-state index is 0.765. The highest BCUT2D eigenvalue weighted by Gasteiger charge is 2.13. The van der Waals surface area contributed by atoms with Crippen molar-refractivity contribution in [1.82, 2.24) is 14.6 Å². The predicted octanol–water partition coefficient (Wildman–Crippen LogP) is 4.47. The standard InChI is InChI=1S/C21H20N4O2/c1-14-11-20(23-15-7-6-8-16(12-15)26-2)25-21(22-14)13-18(24-25)17-9-4-5-10-19(17)27-3/h4-13,23H,1-3H3. The van der Waals surface area contributed by atoms with E-state index in [4.69, 9.17) is 14.6 Å². The third kappa shape index (κ3) is 3.29. The topological polar surface area (TPSA) is 60.7 Å². The first-order valence-electron chi connectivity index (χ1n) is 8.60. The molecular formula is C21H20N4O2. The van der Waals surface area contributed by atoms with E-state index in [0.717, 1.165) is 45.6 Å². The summed E-state index contributed by atoms with van der Waals surface area (Å²) < 4.78 is 12.6. The van der Waals surface area contributed by atoms with Crippen molar-refractivity contribution in [2.75, 3.05) is 19.5 Å². The fraction of sp³-hybridized carbons (Fsp3) is 0.143. The SMILES string of the molecule is COc1cccc(Nc2cc(C)nc3cc(-c4ccccc4OC)nn23)c1. The zero-order chi connectivity index (χ0) is 18.8. The molecule has 0 aliphatic rings. The molecule has 4 rings (SSSR count). The molecule has 0 fully saturated rings. The normalized spacial score (nSPS) is 10.8. The molecule has 0 saturated heterocycles. The van der Waals surface area contributed by atoms with Crippen LogP contribution >= 0.6 is 0 Å². The number of aromatic nitrogens is 3. The lowest BCUT2D eigenvalue weighted by molar-refractivity contribution is 0.415. The molecule has 27 heavy (non-hydrogen) atoms. The fourth-order valence-electron chi connectivity index (χ4n) is 3.03. The van der Waals surface area contributed by atoms with Crippen LogP contribution in [0.1, 0.15) is 5.69 Å². The van der Waals surface area contributed by atoms with Gasteiger partial charge in [-0.25, -0.2) is 4.98 Å². The molecule has 0 aliphatic heterocycles. The van der Waals surface area contributed by atoms with Crippen LogP contribution in [0.4, 0.5) is 11.5 Å². The molecule has 0 amide bonds. The van der Waals surface area contributed by atoms with Crippen molar-refractivity contribution >= 4 is 17.2 Å². The van der Waals surface area contributed by atoms with Crippen LogP contribution in [0.2, 0.25) is 0 Å². The Morgan fingerprint density at radius 2 is 1.78 bits per heavy atom. The van der Waals surface area contributed by atoms with E-state index in [1.54, 1.807) is 18.7 Å². The maximum absolute atomic E-state index is 5.47. The number of methoxy groups -OCH3 is 2. The molecule has 0 aliphatic carbocycles. The van der Waals surface area contributed by atoms with Crippen LogP contribution in [-0.2, 0) is 0 Å². The molecule has 2 aromatic heterocycles. The van der Waals surface area contributed by atoms with Crippen LogP contribution in [0, 0.1) is 6.92 Å². The molecule has 0 bridgehead atoms. The Labute approximate surface area is 157 Å². The molecule has 0 unspecified atom stereocenters. The minimum atomic E-state index is 0.765. The van der Waals surface area contributed by atoms with Crippen molar-refractivity contribution in [3.63, 3.8) is 0 Å². The maximum Gasteiger partial charge on any atom is 0.158 e. The quantitative estimate of drug-likeness (QED) is 0.569. The second kappa shape index (κ2) is 6.99. The molecule has 1 N–H and O–H groups in total. The van der Waals surface area contributed by atoms with Crippen molar-refractivity contribution < 1.29 is 9.47 Å². The average molecular weight is 360 g/mol. The van der Waals surface area contributed by atoms with Gasteiger partial charge in [0.05, 0.1) is 19.9 Å². The number of benzene rings is 2. The van der Waals surface area contributed by atoms with Gasteiger partial charge in [0.1, 0.15) is 17.3 Å². The van der Waals surface area contributed by atoms with Crippen LogP contribution in [0.15, 0.2) is 60.7 Å². The fourth-order valence-corrected chi connectivity index (χ4v) is 3.03. The molecule has 0 saturated carbocycles. The number of anilines is 2. The second-order valence-corrected chi connectivity index (χ2v) is 6.14. The summed E-state index contributed by atoms with van der Waals surface area (Å²) in [6.07, 6.45) is 0. The van der Waals surface area contributed by atoms with Gasteiger partial charge in [0, 0.05) is 35.1 Å². The third-order valence-electron chi connectivity index (χ3n) is 4.28. The van der Waals surface area contributed by atoms with Crippen molar-refractivity contribution in [3.8, 4) is 22.8 Å². The van der Waals surface area contributed by atoms with Gasteiger partial charge < -0.3 is 14.8 Å². The molecule has 4 aromatic rings. The summed E-state index contributed by atoms with van der Waals surface area (Å²) in [6.45, 7) is 1.96. The smallest absolute Gasteiger partial charge is 0.158 e. The highest BCUT2D eigenvalue weighted by Crippen LogP contribution is 2.30.